The maximum atomic E-state index is 12.5. The van der Waals surface area contributed by atoms with Crippen LogP contribution in [0.2, 0.25) is 63.2 Å². The summed E-state index contributed by atoms with van der Waals surface area (Å²) in [5, 5.41) is 0. The zero-order valence-electron chi connectivity index (χ0n) is 15.2. The van der Waals surface area contributed by atoms with Crippen molar-refractivity contribution < 1.29 is 9.53 Å². The van der Waals surface area contributed by atoms with E-state index in [0.29, 0.717) is 6.61 Å². The van der Waals surface area contributed by atoms with Gasteiger partial charge in [-0.05, 0) is 11.2 Å². The molecule has 0 saturated carbocycles. The van der Waals surface area contributed by atoms with Crippen molar-refractivity contribution in [2.45, 2.75) is 70.1 Å². The third-order valence-corrected chi connectivity index (χ3v) is 25.5. The molecule has 0 aliphatic heterocycles. The Morgan fingerprint density at radius 3 is 1.40 bits per heavy atom. The van der Waals surface area contributed by atoms with Crippen LogP contribution in [-0.2, 0) is 9.53 Å². The van der Waals surface area contributed by atoms with Crippen LogP contribution >= 0.6 is 0 Å². The van der Waals surface area contributed by atoms with Gasteiger partial charge in [0.15, 0.2) is 0 Å². The van der Waals surface area contributed by atoms with E-state index in [-0.39, 0.29) is 10.3 Å². The van der Waals surface area contributed by atoms with Gasteiger partial charge in [0.05, 0.1) is 30.8 Å². The van der Waals surface area contributed by atoms with Crippen LogP contribution in [0, 0.1) is 0 Å². The van der Waals surface area contributed by atoms with Gasteiger partial charge in [-0.15, -0.1) is 0 Å². The van der Waals surface area contributed by atoms with E-state index in [1.54, 1.807) is 0 Å². The second-order valence-electron chi connectivity index (χ2n) is 8.70. The lowest BCUT2D eigenvalue weighted by atomic mass is 10.3. The number of hydrogen-bond acceptors (Lipinski definition) is 2. The molecular formula is C15H34O2Si3. The quantitative estimate of drug-likeness (QED) is 0.392. The van der Waals surface area contributed by atoms with Crippen LogP contribution in [0.3, 0.4) is 0 Å². The molecule has 5 heteroatoms. The average Bonchev–Trinajstić information content (AvgIpc) is 2.10. The topological polar surface area (TPSA) is 26.3 Å². The van der Waals surface area contributed by atoms with Crippen molar-refractivity contribution in [2.75, 3.05) is 6.61 Å². The molecule has 0 bridgehead atoms. The van der Waals surface area contributed by atoms with Crippen molar-refractivity contribution in [3.8, 4) is 0 Å². The van der Waals surface area contributed by atoms with Crippen LogP contribution in [0.5, 0.6) is 0 Å². The molecule has 0 radical (unpaired) electrons. The van der Waals surface area contributed by atoms with Gasteiger partial charge >= 0.3 is 5.97 Å². The smallest absolute Gasteiger partial charge is 0.333 e. The van der Waals surface area contributed by atoms with Gasteiger partial charge in [0.1, 0.15) is 0 Å². The van der Waals surface area contributed by atoms with Crippen molar-refractivity contribution in [2.24, 2.45) is 0 Å². The van der Waals surface area contributed by atoms with E-state index in [1.807, 2.05) is 6.92 Å². The third-order valence-electron chi connectivity index (χ3n) is 4.35. The largest absolute Gasteiger partial charge is 0.463 e. The Kier molecular flexibility index (Phi) is 5.89. The fourth-order valence-electron chi connectivity index (χ4n) is 5.10. The van der Waals surface area contributed by atoms with Gasteiger partial charge < -0.3 is 4.74 Å². The summed E-state index contributed by atoms with van der Waals surface area (Å²) < 4.78 is 5.36. The van der Waals surface area contributed by atoms with Gasteiger partial charge in [0.2, 0.25) is 0 Å². The van der Waals surface area contributed by atoms with Crippen LogP contribution < -0.4 is 0 Å². The summed E-state index contributed by atoms with van der Waals surface area (Å²) in [5.41, 5.74) is 0.775. The first kappa shape index (κ1) is 19.9. The van der Waals surface area contributed by atoms with Crippen molar-refractivity contribution in [1.29, 1.82) is 0 Å². The van der Waals surface area contributed by atoms with Gasteiger partial charge in [-0.3, -0.25) is 0 Å². The zero-order valence-corrected chi connectivity index (χ0v) is 18.2. The molecule has 0 aromatic heterocycles. The fraction of sp³-hybridized carbons (Fsp3) is 0.800. The van der Waals surface area contributed by atoms with Gasteiger partial charge in [0.25, 0.3) is 0 Å². The molecule has 0 rings (SSSR count). The molecule has 0 unspecified atom stereocenters. The van der Waals surface area contributed by atoms with E-state index >= 15 is 0 Å². The normalized spacial score (nSPS) is 14.1. The number of esters is 1. The van der Waals surface area contributed by atoms with Gasteiger partial charge in [-0.1, -0.05) is 65.5 Å². The SMILES string of the molecule is C=C(C(=O)OCC)C([Si](C)(C)C)([Si](C)(C)C)[Si](C)(C)C. The highest BCUT2D eigenvalue weighted by molar-refractivity contribution is 7.16. The summed E-state index contributed by atoms with van der Waals surface area (Å²) in [7, 11) is -4.92. The molecule has 0 amide bonds. The second-order valence-corrected chi connectivity index (χ2v) is 25.9. The molecular weight excluding hydrogens is 296 g/mol. The first-order valence-corrected chi connectivity index (χ1v) is 18.0. The molecule has 118 valence electrons. The molecule has 0 aromatic carbocycles. The third kappa shape index (κ3) is 3.20. The second kappa shape index (κ2) is 5.93. The fourth-order valence-corrected chi connectivity index (χ4v) is 35.1. The molecule has 0 aromatic rings. The Hall–Kier alpha value is -0.139. The first-order chi connectivity index (χ1) is 8.64. The van der Waals surface area contributed by atoms with Crippen LogP contribution in [-0.4, -0.2) is 36.8 Å². The summed E-state index contributed by atoms with van der Waals surface area (Å²) in [6.07, 6.45) is 0. The van der Waals surface area contributed by atoms with E-state index in [0.717, 1.165) is 5.57 Å². The lowest BCUT2D eigenvalue weighted by Gasteiger charge is -2.59. The predicted molar refractivity (Wildman–Crippen MR) is 98.5 cm³/mol. The van der Waals surface area contributed by atoms with E-state index in [4.69, 9.17) is 4.74 Å². The number of hydrogen-bond donors (Lipinski definition) is 0. The first-order valence-electron chi connectivity index (χ1n) is 7.51. The Bertz CT molecular complexity index is 345. The van der Waals surface area contributed by atoms with Gasteiger partial charge in [-0.25, -0.2) is 4.79 Å². The Labute approximate surface area is 129 Å². The molecule has 0 aliphatic rings. The van der Waals surface area contributed by atoms with Crippen molar-refractivity contribution in [3.63, 3.8) is 0 Å². The van der Waals surface area contributed by atoms with E-state index in [2.05, 4.69) is 65.5 Å². The number of carbonyl (C=O) groups excluding carboxylic acids is 1. The number of carbonyl (C=O) groups is 1. The average molecular weight is 331 g/mol. The Balaban J connectivity index is 6.34. The van der Waals surface area contributed by atoms with Crippen molar-refractivity contribution in [1.82, 2.24) is 0 Å². The van der Waals surface area contributed by atoms with Gasteiger partial charge in [0, 0.05) is 5.57 Å². The van der Waals surface area contributed by atoms with E-state index in [1.165, 1.54) is 0 Å². The minimum atomic E-state index is -1.64. The lowest BCUT2D eigenvalue weighted by molar-refractivity contribution is -0.138. The van der Waals surface area contributed by atoms with Crippen molar-refractivity contribution >= 4 is 30.2 Å². The highest BCUT2D eigenvalue weighted by atomic mass is 28.5. The minimum absolute atomic E-state index is 0.0409. The standard InChI is InChI=1S/C15H34O2Si3/c1-12-17-14(16)13(2)15(18(3,4)5,19(6,7)8)20(9,10)11/h2,12H2,1,3-11H3. The summed E-state index contributed by atoms with van der Waals surface area (Å²) in [5.74, 6) is -0.167. The summed E-state index contributed by atoms with van der Waals surface area (Å²) in [6.45, 7) is 28.1. The van der Waals surface area contributed by atoms with E-state index < -0.39 is 24.2 Å². The minimum Gasteiger partial charge on any atom is -0.463 e. The maximum Gasteiger partial charge on any atom is 0.333 e. The molecule has 0 spiro atoms. The molecule has 0 fully saturated rings. The molecule has 20 heavy (non-hydrogen) atoms. The van der Waals surface area contributed by atoms with Crippen molar-refractivity contribution in [3.05, 3.63) is 12.2 Å². The Morgan fingerprint density at radius 2 is 1.20 bits per heavy atom. The molecule has 0 atom stereocenters. The molecule has 2 nitrogen and oxygen atoms in total. The highest BCUT2D eigenvalue weighted by Gasteiger charge is 2.62. The van der Waals surface area contributed by atoms with Crippen LogP contribution in [0.25, 0.3) is 0 Å². The zero-order chi connectivity index (χ0) is 16.6. The number of rotatable bonds is 6. The monoisotopic (exact) mass is 330 g/mol. The molecule has 0 saturated heterocycles. The van der Waals surface area contributed by atoms with E-state index in [9.17, 15) is 4.79 Å². The molecule has 0 N–H and O–H groups in total. The van der Waals surface area contributed by atoms with Crippen LogP contribution in [0.15, 0.2) is 12.2 Å². The summed E-state index contributed by atoms with van der Waals surface area (Å²) in [6, 6.07) is 0. The predicted octanol–water partition coefficient (Wildman–Crippen LogP) is 4.94. The maximum absolute atomic E-state index is 12.5. The van der Waals surface area contributed by atoms with Gasteiger partial charge in [-0.2, -0.15) is 0 Å². The molecule has 0 heterocycles. The van der Waals surface area contributed by atoms with Crippen LogP contribution in [0.1, 0.15) is 6.92 Å². The summed E-state index contributed by atoms with van der Waals surface area (Å²) >= 11 is 0. The summed E-state index contributed by atoms with van der Waals surface area (Å²) in [4.78, 5) is 12.5. The lowest BCUT2D eigenvalue weighted by Crippen LogP contribution is -2.67. The number of ether oxygens (including phenoxy) is 1. The van der Waals surface area contributed by atoms with Crippen LogP contribution in [0.4, 0.5) is 0 Å². The highest BCUT2D eigenvalue weighted by Crippen LogP contribution is 2.58. The molecule has 0 aliphatic carbocycles. The Morgan fingerprint density at radius 1 is 0.900 bits per heavy atom.